The van der Waals surface area contributed by atoms with Crippen LogP contribution in [-0.2, 0) is 53.6 Å². The zero-order chi connectivity index (χ0) is 81.8. The highest BCUT2D eigenvalue weighted by Crippen LogP contribution is 2.46. The Morgan fingerprint density at radius 2 is 0.902 bits per heavy atom. The number of aryl methyl sites for hydroxylation is 2. The highest BCUT2D eigenvalue weighted by atomic mass is 35.5. The highest BCUT2D eigenvalue weighted by molar-refractivity contribution is 7.94. The molecule has 0 spiro atoms. The number of rotatable bonds is 16. The Kier molecular flexibility index (Phi) is 27.6. The number of hydrogen-bond donors (Lipinski definition) is 5. The smallest absolute Gasteiger partial charge is 0.399 e. The van der Waals surface area contributed by atoms with E-state index in [-0.39, 0.29) is 31.3 Å². The maximum atomic E-state index is 13.0. The first kappa shape index (κ1) is 87.9. The van der Waals surface area contributed by atoms with Gasteiger partial charge in [0.15, 0.2) is 0 Å². The lowest BCUT2D eigenvalue weighted by Gasteiger charge is -2.32. The lowest BCUT2D eigenvalue weighted by atomic mass is 9.76. The monoisotopic (exact) mass is 1690 g/mol. The van der Waals surface area contributed by atoms with Gasteiger partial charge in [-0.05, 0) is 202 Å². The van der Waals surface area contributed by atoms with Crippen molar-refractivity contribution in [2.24, 2.45) is 17.0 Å². The fraction of sp³-hybridized carbons (Fsp3) is 0.603. The summed E-state index contributed by atoms with van der Waals surface area (Å²) in [4.78, 5) is 47.6. The van der Waals surface area contributed by atoms with Crippen LogP contribution in [-0.4, -0.2) is 212 Å². The van der Waals surface area contributed by atoms with E-state index >= 15 is 0 Å². The molecular formula is C73H99BCl3F6N13O13S3. The van der Waals surface area contributed by atoms with Gasteiger partial charge in [0.1, 0.15) is 34.2 Å². The molecule has 9 aliphatic rings. The molecule has 618 valence electrons. The number of nitrogens with one attached hydrogen (secondary N) is 4. The van der Waals surface area contributed by atoms with Crippen LogP contribution in [0.1, 0.15) is 124 Å². The van der Waals surface area contributed by atoms with Crippen molar-refractivity contribution in [2.75, 3.05) is 140 Å². The number of amides is 4. The molecule has 3 saturated carbocycles. The van der Waals surface area contributed by atoms with E-state index in [9.17, 15) is 61.2 Å². The zero-order valence-electron chi connectivity index (χ0n) is 64.1. The lowest BCUT2D eigenvalue weighted by Crippen LogP contribution is -2.41. The number of sulfonamides is 3. The average Bonchev–Trinajstić information content (AvgIpc) is 1.12. The van der Waals surface area contributed by atoms with Gasteiger partial charge in [-0.15, -0.1) is 0 Å². The third kappa shape index (κ3) is 23.7. The van der Waals surface area contributed by atoms with Gasteiger partial charge in [-0.25, -0.2) is 54.9 Å². The number of urea groups is 2. The third-order valence-electron chi connectivity index (χ3n) is 21.7. The maximum Gasteiger partial charge on any atom is 0.495 e. The number of primary sulfonamides is 1. The molecule has 39 heteroatoms. The standard InChI is InChI=1S/C27H34F3N5O4S.C20H28BF3N2O3.C13H18ClN3O3S.C9H10Cl2N2O.C4H9NO2S/c1-18-3-4-21(31-25(36)35-8-5-19(17-35)16-27(28,29)30)15-22(18)20-13-23(33-40(37,38)26(2)6-7-26)32-24(14-20)34-9-11-39-12-10-34;1-13-6-7-15(10-16(13)21-28-18(2,3)19(4,5)29-21)25-17(27)26-9-8-14(12-26)11-20(22,23)24;1-13(2-3-13)21(18,19)16-11-8-10(14)9-12(15-11)17-4-6-20-7-5-17;10-7-5-8(11)12-9(6-7)13-1-3-14-4-2-13;1-4(2-3-4)8(5,6)7/h3-4,13-15,19H,5-12,16-17H2,1-2H3,(H,31,36)(H,32,33);6-7,10,14H,8-9,11-12H2,1-5H3,(H,25,27);8-9H,2-7H2,1H3,(H,15,16);5-6H,1-4H2;2-3H2,1H3,(H2,5,6,7)/t19-;14-;;;/m00.../s1. The Bertz CT molecular complexity index is 4500. The molecule has 5 aromatic rings. The van der Waals surface area contributed by atoms with E-state index in [1.54, 1.807) is 63.2 Å². The normalized spacial score (nSPS) is 21.5. The predicted molar refractivity (Wildman–Crippen MR) is 424 cm³/mol. The Labute approximate surface area is 666 Å². The minimum absolute atomic E-state index is 0.0553. The number of nitrogens with two attached hydrogens (primary N) is 1. The molecule has 0 bridgehead atoms. The molecule has 2 aromatic carbocycles. The number of halogens is 9. The second kappa shape index (κ2) is 35.2. The third-order valence-corrected chi connectivity index (χ3v) is 28.5. The van der Waals surface area contributed by atoms with Gasteiger partial charge in [0, 0.05) is 106 Å². The van der Waals surface area contributed by atoms with Gasteiger partial charge in [-0.1, -0.05) is 52.5 Å². The van der Waals surface area contributed by atoms with Crippen molar-refractivity contribution in [3.8, 4) is 11.1 Å². The van der Waals surface area contributed by atoms with Gasteiger partial charge >= 0.3 is 31.5 Å². The number of ether oxygens (including phenoxy) is 3. The molecule has 6 aliphatic heterocycles. The summed E-state index contributed by atoms with van der Waals surface area (Å²) in [7, 11) is -10.8. The quantitative estimate of drug-likeness (QED) is 0.0348. The summed E-state index contributed by atoms with van der Waals surface area (Å²) in [6, 6.07) is 20.3. The molecule has 3 aromatic heterocycles. The molecular weight excluding hydrogens is 1590 g/mol. The van der Waals surface area contributed by atoms with Gasteiger partial charge < -0.3 is 58.7 Å². The molecule has 6 saturated heterocycles. The van der Waals surface area contributed by atoms with E-state index in [2.05, 4.69) is 39.9 Å². The first-order chi connectivity index (χ1) is 52.2. The number of carbonyl (C=O) groups excluding carboxylic acids is 2. The number of nitrogens with zero attached hydrogens (tertiary/aromatic N) is 8. The zero-order valence-corrected chi connectivity index (χ0v) is 68.9. The molecule has 9 heterocycles. The first-order valence-corrected chi connectivity index (χ1v) is 42.8. The number of morpholine rings is 3. The molecule has 3 aliphatic carbocycles. The number of likely N-dealkylation sites (tertiary alicyclic amines) is 2. The van der Waals surface area contributed by atoms with E-state index < -0.39 is 112 Å². The molecule has 9 fully saturated rings. The number of hydrogen-bond acceptors (Lipinski definition) is 19. The van der Waals surface area contributed by atoms with Crippen molar-refractivity contribution in [1.82, 2.24) is 24.8 Å². The summed E-state index contributed by atoms with van der Waals surface area (Å²) in [6.45, 7) is 25.7. The van der Waals surface area contributed by atoms with Crippen LogP contribution in [0.25, 0.3) is 11.1 Å². The highest BCUT2D eigenvalue weighted by Gasteiger charge is 2.54. The van der Waals surface area contributed by atoms with E-state index in [0.717, 1.165) is 85.8 Å². The minimum Gasteiger partial charge on any atom is -0.399 e. The van der Waals surface area contributed by atoms with Crippen LogP contribution in [0, 0.1) is 25.7 Å². The molecule has 0 unspecified atom stereocenters. The Balaban J connectivity index is 0.000000161. The molecule has 14 rings (SSSR count). The summed E-state index contributed by atoms with van der Waals surface area (Å²) in [5.41, 5.74) is 4.25. The van der Waals surface area contributed by atoms with Crippen molar-refractivity contribution in [1.29, 1.82) is 0 Å². The molecule has 112 heavy (non-hydrogen) atoms. The van der Waals surface area contributed by atoms with Gasteiger partial charge in [0.05, 0.1) is 65.1 Å². The van der Waals surface area contributed by atoms with Gasteiger partial charge in [0.2, 0.25) is 30.1 Å². The van der Waals surface area contributed by atoms with Crippen LogP contribution in [0.4, 0.5) is 76.4 Å². The van der Waals surface area contributed by atoms with Crippen molar-refractivity contribution < 1.29 is 84.7 Å². The van der Waals surface area contributed by atoms with E-state index in [4.69, 9.17) is 63.5 Å². The van der Waals surface area contributed by atoms with Crippen LogP contribution < -0.4 is 45.4 Å². The SMILES string of the molecule is CC1(S(=O)(=O)Nc2cc(Cl)cc(N3CCOCC3)n2)CC1.CC1(S(N)(=O)=O)CC1.Cc1ccc(NC(=O)N2CC[C@@H](CC(F)(F)F)C2)cc1-c1cc(NS(=O)(=O)C2(C)CC2)nc(N2CCOCC2)c1.Cc1ccc(NC(=O)N2CC[C@@H](CC(F)(F)F)C2)cc1B1OC(C)(C)C(C)(C)O1.Clc1cc(Cl)nc(N2CCOCC2)c1. The molecule has 6 N–H and O–H groups in total. The van der Waals surface area contributed by atoms with Gasteiger partial charge in [-0.2, -0.15) is 26.3 Å². The number of carbonyl (C=O) groups is 2. The van der Waals surface area contributed by atoms with E-state index in [1.165, 1.54) is 15.9 Å². The number of aromatic nitrogens is 3. The van der Waals surface area contributed by atoms with Gasteiger partial charge in [-0.3, -0.25) is 9.44 Å². The summed E-state index contributed by atoms with van der Waals surface area (Å²) >= 11 is 17.8. The fourth-order valence-electron chi connectivity index (χ4n) is 12.8. The van der Waals surface area contributed by atoms with Crippen LogP contribution in [0.2, 0.25) is 15.2 Å². The number of pyridine rings is 3. The first-order valence-electron chi connectivity index (χ1n) is 37.1. The molecule has 26 nitrogen and oxygen atoms in total. The second-order valence-corrected chi connectivity index (χ2v) is 39.1. The van der Waals surface area contributed by atoms with Crippen molar-refractivity contribution in [2.45, 2.75) is 164 Å². The minimum atomic E-state index is -4.25. The van der Waals surface area contributed by atoms with Gasteiger partial charge in [0.25, 0.3) is 0 Å². The average molecular weight is 1690 g/mol. The summed E-state index contributed by atoms with van der Waals surface area (Å²) in [6.07, 6.45) is -5.54. The van der Waals surface area contributed by atoms with Crippen molar-refractivity contribution in [3.05, 3.63) is 99.1 Å². The van der Waals surface area contributed by atoms with Crippen molar-refractivity contribution >= 4 is 130 Å². The Hall–Kier alpha value is -6.45. The second-order valence-electron chi connectivity index (χ2n) is 31.4. The largest absolute Gasteiger partial charge is 0.495 e. The van der Waals surface area contributed by atoms with E-state index in [0.29, 0.717) is 123 Å². The summed E-state index contributed by atoms with van der Waals surface area (Å²) < 4.78 is 179. The van der Waals surface area contributed by atoms with Crippen LogP contribution in [0.3, 0.4) is 0 Å². The maximum absolute atomic E-state index is 13.0. The molecule has 4 amide bonds. The topological polar surface area (TPSA) is 312 Å². The van der Waals surface area contributed by atoms with Crippen LogP contribution >= 0.6 is 34.8 Å². The molecule has 0 radical (unpaired) electrons. The Morgan fingerprint density at radius 3 is 1.29 bits per heavy atom. The summed E-state index contributed by atoms with van der Waals surface area (Å²) in [5, 5.41) is 12.0. The lowest BCUT2D eigenvalue weighted by molar-refractivity contribution is -0.144. The van der Waals surface area contributed by atoms with Crippen LogP contribution in [0.15, 0.2) is 72.8 Å². The fourth-order valence-corrected chi connectivity index (χ4v) is 16.7. The van der Waals surface area contributed by atoms with Crippen molar-refractivity contribution in [3.63, 3.8) is 0 Å². The molecule has 2 atom stereocenters. The Morgan fingerprint density at radius 1 is 0.518 bits per heavy atom. The number of benzene rings is 2. The number of alkyl halides is 6. The number of anilines is 7. The predicted octanol–water partition coefficient (Wildman–Crippen LogP) is 13.0. The van der Waals surface area contributed by atoms with E-state index in [1.807, 2.05) is 75.6 Å². The van der Waals surface area contributed by atoms with Crippen LogP contribution in [0.5, 0.6) is 0 Å². The summed E-state index contributed by atoms with van der Waals surface area (Å²) in [5.74, 6) is 1.45.